The Balaban J connectivity index is 2.06. The molecule has 3 atom stereocenters. The third-order valence-corrected chi connectivity index (χ3v) is 4.28. The van der Waals surface area contributed by atoms with Crippen LogP contribution < -0.4 is 5.32 Å². The van der Waals surface area contributed by atoms with E-state index < -0.39 is 0 Å². The van der Waals surface area contributed by atoms with Gasteiger partial charge in [0.05, 0.1) is 5.69 Å². The molecule has 0 fully saturated rings. The van der Waals surface area contributed by atoms with Crippen LogP contribution in [0.5, 0.6) is 0 Å². The van der Waals surface area contributed by atoms with Crippen molar-refractivity contribution < 1.29 is 0 Å². The smallest absolute Gasteiger partial charge is 0.0628 e. The maximum atomic E-state index is 4.72. The molecule has 2 rings (SSSR count). The van der Waals surface area contributed by atoms with Crippen LogP contribution in [0.1, 0.15) is 50.5 Å². The molecule has 0 radical (unpaired) electrons. The lowest BCUT2D eigenvalue weighted by Gasteiger charge is -2.23. The predicted molar refractivity (Wildman–Crippen MR) is 88.3 cm³/mol. The van der Waals surface area contributed by atoms with Crippen LogP contribution in [0.25, 0.3) is 0 Å². The van der Waals surface area contributed by atoms with Gasteiger partial charge in [0.1, 0.15) is 0 Å². The molecule has 21 heavy (non-hydrogen) atoms. The van der Waals surface area contributed by atoms with Gasteiger partial charge in [0.2, 0.25) is 0 Å². The maximum absolute atomic E-state index is 4.72. The van der Waals surface area contributed by atoms with E-state index in [2.05, 4.69) is 73.4 Å². The van der Waals surface area contributed by atoms with Crippen LogP contribution in [0.15, 0.2) is 42.6 Å². The average molecular weight is 285 g/mol. The Morgan fingerprint density at radius 2 is 1.86 bits per heavy atom. The maximum Gasteiger partial charge on any atom is 0.0628 e. The summed E-state index contributed by atoms with van der Waals surface area (Å²) >= 11 is 0. The monoisotopic (exact) mass is 285 g/mol. The first-order valence-electron chi connectivity index (χ1n) is 7.92. The number of nitrogens with zero attached hydrogens (tertiary/aromatic N) is 2. The minimum atomic E-state index is 0.361. The van der Waals surface area contributed by atoms with E-state index in [1.807, 2.05) is 7.05 Å². The van der Waals surface area contributed by atoms with Crippen molar-refractivity contribution in [3.63, 3.8) is 0 Å². The molecular weight excluding hydrogens is 258 g/mol. The van der Waals surface area contributed by atoms with Crippen molar-refractivity contribution in [1.82, 2.24) is 15.1 Å². The van der Waals surface area contributed by atoms with E-state index in [0.717, 1.165) is 12.8 Å². The first kappa shape index (κ1) is 15.8. The first-order valence-corrected chi connectivity index (χ1v) is 7.92. The van der Waals surface area contributed by atoms with Crippen LogP contribution in [-0.4, -0.2) is 16.8 Å². The lowest BCUT2D eigenvalue weighted by molar-refractivity contribution is 0.400. The van der Waals surface area contributed by atoms with Crippen LogP contribution in [0.4, 0.5) is 0 Å². The van der Waals surface area contributed by atoms with Gasteiger partial charge in [0.15, 0.2) is 0 Å². The van der Waals surface area contributed by atoms with Gasteiger partial charge < -0.3 is 5.32 Å². The number of aromatic nitrogens is 2. The Labute approximate surface area is 128 Å². The van der Waals surface area contributed by atoms with Gasteiger partial charge >= 0.3 is 0 Å². The Kier molecular flexibility index (Phi) is 5.57. The molecule has 3 heteroatoms. The van der Waals surface area contributed by atoms with Gasteiger partial charge in [-0.15, -0.1) is 0 Å². The number of nitrogens with one attached hydrogen (secondary N) is 1. The fraction of sp³-hybridized carbons (Fsp3) is 0.500. The third kappa shape index (κ3) is 3.94. The number of benzene rings is 1. The highest BCUT2D eigenvalue weighted by Crippen LogP contribution is 2.24. The zero-order valence-electron chi connectivity index (χ0n) is 13.6. The van der Waals surface area contributed by atoms with Crippen LogP contribution in [-0.2, 0) is 6.42 Å². The van der Waals surface area contributed by atoms with Crippen molar-refractivity contribution in [3.8, 4) is 0 Å². The molecule has 0 saturated carbocycles. The van der Waals surface area contributed by atoms with Gasteiger partial charge in [0.25, 0.3) is 0 Å². The second-order valence-corrected chi connectivity index (χ2v) is 5.90. The molecule has 0 aliphatic rings. The summed E-state index contributed by atoms with van der Waals surface area (Å²) in [7, 11) is 2.03. The molecule has 0 aliphatic heterocycles. The Bertz CT molecular complexity index is 532. The summed E-state index contributed by atoms with van der Waals surface area (Å²) in [5.74, 6) is 0.498. The molecule has 0 aliphatic carbocycles. The van der Waals surface area contributed by atoms with E-state index in [9.17, 15) is 0 Å². The molecule has 1 aromatic heterocycles. The molecule has 0 bridgehead atoms. The van der Waals surface area contributed by atoms with E-state index in [1.165, 1.54) is 11.3 Å². The van der Waals surface area contributed by atoms with Gasteiger partial charge in [-0.25, -0.2) is 0 Å². The van der Waals surface area contributed by atoms with Crippen LogP contribution >= 0.6 is 0 Å². The second-order valence-electron chi connectivity index (χ2n) is 5.90. The van der Waals surface area contributed by atoms with Crippen LogP contribution in [0.2, 0.25) is 0 Å². The Hall–Kier alpha value is -1.61. The molecule has 0 saturated heterocycles. The highest BCUT2D eigenvalue weighted by Gasteiger charge is 2.19. The zero-order valence-corrected chi connectivity index (χ0v) is 13.6. The quantitative estimate of drug-likeness (QED) is 0.833. The van der Waals surface area contributed by atoms with Crippen LogP contribution in [0, 0.1) is 5.92 Å². The molecule has 3 nitrogen and oxygen atoms in total. The first-order chi connectivity index (χ1) is 10.2. The molecule has 114 valence electrons. The number of rotatable bonds is 7. The van der Waals surface area contributed by atoms with Gasteiger partial charge in [0, 0.05) is 18.3 Å². The summed E-state index contributed by atoms with van der Waals surface area (Å²) in [5, 5.41) is 8.16. The molecule has 0 amide bonds. The standard InChI is InChI=1S/C18H27N3/c1-5-15(3)21-12-11-17(20-21)13-14(2)18(19-4)16-9-7-6-8-10-16/h6-12,14-15,18-19H,5,13H2,1-4H3. The van der Waals surface area contributed by atoms with Crippen molar-refractivity contribution >= 4 is 0 Å². The minimum Gasteiger partial charge on any atom is -0.313 e. The highest BCUT2D eigenvalue weighted by molar-refractivity contribution is 5.20. The van der Waals surface area contributed by atoms with E-state index in [0.29, 0.717) is 18.0 Å². The Morgan fingerprint density at radius 1 is 1.14 bits per heavy atom. The highest BCUT2D eigenvalue weighted by atomic mass is 15.3. The van der Waals surface area contributed by atoms with Crippen molar-refractivity contribution in [3.05, 3.63) is 53.9 Å². The number of hydrogen-bond donors (Lipinski definition) is 1. The fourth-order valence-electron chi connectivity index (χ4n) is 2.81. The minimum absolute atomic E-state index is 0.361. The van der Waals surface area contributed by atoms with Gasteiger partial charge in [-0.1, -0.05) is 44.2 Å². The molecular formula is C18H27N3. The fourth-order valence-corrected chi connectivity index (χ4v) is 2.81. The van der Waals surface area contributed by atoms with Crippen molar-refractivity contribution in [1.29, 1.82) is 0 Å². The van der Waals surface area contributed by atoms with Gasteiger partial charge in [-0.05, 0) is 44.4 Å². The van der Waals surface area contributed by atoms with E-state index in [4.69, 9.17) is 5.10 Å². The molecule has 1 N–H and O–H groups in total. The zero-order chi connectivity index (χ0) is 15.2. The molecule has 0 spiro atoms. The summed E-state index contributed by atoms with van der Waals surface area (Å²) in [6.45, 7) is 6.69. The summed E-state index contributed by atoms with van der Waals surface area (Å²) in [6, 6.07) is 13.6. The summed E-state index contributed by atoms with van der Waals surface area (Å²) in [6.07, 6.45) is 4.21. The molecule has 1 heterocycles. The van der Waals surface area contributed by atoms with E-state index in [1.54, 1.807) is 0 Å². The van der Waals surface area contributed by atoms with E-state index >= 15 is 0 Å². The normalized spacial score (nSPS) is 15.6. The molecule has 3 unspecified atom stereocenters. The Morgan fingerprint density at radius 3 is 2.48 bits per heavy atom. The van der Waals surface area contributed by atoms with Crippen molar-refractivity contribution in [2.75, 3.05) is 7.05 Å². The predicted octanol–water partition coefficient (Wildman–Crippen LogP) is 3.99. The lowest BCUT2D eigenvalue weighted by Crippen LogP contribution is -2.25. The topological polar surface area (TPSA) is 29.9 Å². The second kappa shape index (κ2) is 7.41. The van der Waals surface area contributed by atoms with E-state index in [-0.39, 0.29) is 0 Å². The molecule has 1 aromatic carbocycles. The summed E-state index contributed by atoms with van der Waals surface area (Å²) in [4.78, 5) is 0. The SMILES string of the molecule is CCC(C)n1ccc(CC(C)C(NC)c2ccccc2)n1. The molecule has 2 aromatic rings. The van der Waals surface area contributed by atoms with Crippen LogP contribution in [0.3, 0.4) is 0 Å². The van der Waals surface area contributed by atoms with Gasteiger partial charge in [-0.2, -0.15) is 5.10 Å². The van der Waals surface area contributed by atoms with Gasteiger partial charge in [-0.3, -0.25) is 4.68 Å². The average Bonchev–Trinajstić information content (AvgIpc) is 2.96. The van der Waals surface area contributed by atoms with Crippen molar-refractivity contribution in [2.45, 2.75) is 45.7 Å². The lowest BCUT2D eigenvalue weighted by atomic mass is 9.91. The third-order valence-electron chi connectivity index (χ3n) is 4.28. The summed E-state index contributed by atoms with van der Waals surface area (Å²) in [5.41, 5.74) is 2.52. The van der Waals surface area contributed by atoms with Crippen molar-refractivity contribution in [2.24, 2.45) is 5.92 Å². The summed E-state index contributed by atoms with van der Waals surface area (Å²) < 4.78 is 2.08. The largest absolute Gasteiger partial charge is 0.313 e. The number of hydrogen-bond acceptors (Lipinski definition) is 2.